The lowest BCUT2D eigenvalue weighted by atomic mass is 10.1. The highest BCUT2D eigenvalue weighted by molar-refractivity contribution is 6.30. The van der Waals surface area contributed by atoms with Crippen LogP contribution in [0.2, 0.25) is 5.02 Å². The Bertz CT molecular complexity index is 443. The van der Waals surface area contributed by atoms with Gasteiger partial charge in [-0.3, -0.25) is 5.01 Å². The van der Waals surface area contributed by atoms with Gasteiger partial charge in [0, 0.05) is 23.7 Å². The molecule has 0 amide bonds. The molecule has 0 spiro atoms. The van der Waals surface area contributed by atoms with Crippen molar-refractivity contribution in [1.82, 2.24) is 10.0 Å². The van der Waals surface area contributed by atoms with E-state index in [2.05, 4.69) is 15.0 Å². The molecule has 0 unspecified atom stereocenters. The molecular weight excluding hydrogens is 238 g/mol. The quantitative estimate of drug-likeness (QED) is 0.765. The maximum atomic E-state index is 6.01. The van der Waals surface area contributed by atoms with Gasteiger partial charge in [-0.05, 0) is 18.2 Å². The molecule has 0 radical (unpaired) electrons. The monoisotopic (exact) mass is 251 g/mol. The summed E-state index contributed by atoms with van der Waals surface area (Å²) in [4.78, 5) is 4.45. The van der Waals surface area contributed by atoms with Gasteiger partial charge in [-0.25, -0.2) is 10.0 Å². The Hall–Kier alpha value is -1.10. The van der Waals surface area contributed by atoms with Gasteiger partial charge >= 0.3 is 0 Å². The van der Waals surface area contributed by atoms with Crippen LogP contribution >= 0.6 is 11.6 Å². The third-order valence-electron chi connectivity index (χ3n) is 3.05. The molecule has 4 nitrogen and oxygen atoms in total. The first-order valence-corrected chi connectivity index (χ1v) is 6.12. The van der Waals surface area contributed by atoms with E-state index < -0.39 is 0 Å². The number of hydrogen-bond donors (Lipinski definition) is 0. The van der Waals surface area contributed by atoms with E-state index in [1.165, 1.54) is 5.56 Å². The molecule has 5 heteroatoms. The topological polar surface area (TPSA) is 28.1 Å². The van der Waals surface area contributed by atoms with Crippen LogP contribution in [0.15, 0.2) is 23.2 Å². The molecule has 0 N–H and O–H groups in total. The molecule has 2 heterocycles. The smallest absolute Gasteiger partial charge is 0.106 e. The van der Waals surface area contributed by atoms with E-state index in [-0.39, 0.29) is 0 Å². The summed E-state index contributed by atoms with van der Waals surface area (Å²) >= 11 is 6.01. The number of morpholine rings is 1. The van der Waals surface area contributed by atoms with E-state index in [9.17, 15) is 0 Å². The Morgan fingerprint density at radius 3 is 2.88 bits per heavy atom. The average molecular weight is 252 g/mol. The molecule has 1 aromatic carbocycles. The van der Waals surface area contributed by atoms with Gasteiger partial charge in [0.05, 0.1) is 25.4 Å². The van der Waals surface area contributed by atoms with Crippen molar-refractivity contribution in [3.63, 3.8) is 0 Å². The zero-order valence-corrected chi connectivity index (χ0v) is 10.2. The molecule has 2 aliphatic rings. The lowest BCUT2D eigenvalue weighted by Crippen LogP contribution is -2.48. The standard InChI is InChI=1S/C12H14ClN3O/c13-11-1-2-12-10(7-11)8-16(9-14-12)15-3-5-17-6-4-15/h1-2,7,9H,3-6,8H2. The Kier molecular flexibility index (Phi) is 3.01. The van der Waals surface area contributed by atoms with E-state index in [1.807, 2.05) is 24.5 Å². The van der Waals surface area contributed by atoms with Crippen LogP contribution in [0.25, 0.3) is 0 Å². The number of benzene rings is 1. The van der Waals surface area contributed by atoms with Crippen molar-refractivity contribution in [2.75, 3.05) is 26.3 Å². The Labute approximate surface area is 105 Å². The number of hydrazine groups is 1. The molecule has 0 bridgehead atoms. The van der Waals surface area contributed by atoms with Gasteiger partial charge in [0.15, 0.2) is 0 Å². The molecule has 2 aliphatic heterocycles. The van der Waals surface area contributed by atoms with Crippen molar-refractivity contribution in [3.05, 3.63) is 28.8 Å². The lowest BCUT2D eigenvalue weighted by Gasteiger charge is -2.37. The molecular formula is C12H14ClN3O. The molecule has 0 aliphatic carbocycles. The highest BCUT2D eigenvalue weighted by atomic mass is 35.5. The summed E-state index contributed by atoms with van der Waals surface area (Å²) in [5, 5.41) is 5.17. The normalized spacial score (nSPS) is 20.4. The molecule has 0 saturated carbocycles. The molecule has 3 rings (SSSR count). The van der Waals surface area contributed by atoms with E-state index in [4.69, 9.17) is 16.3 Å². The van der Waals surface area contributed by atoms with Gasteiger partial charge in [-0.15, -0.1) is 0 Å². The largest absolute Gasteiger partial charge is 0.379 e. The van der Waals surface area contributed by atoms with Gasteiger partial charge in [-0.1, -0.05) is 11.6 Å². The van der Waals surface area contributed by atoms with Crippen molar-refractivity contribution in [1.29, 1.82) is 0 Å². The van der Waals surface area contributed by atoms with E-state index >= 15 is 0 Å². The second-order valence-corrected chi connectivity index (χ2v) is 4.62. The lowest BCUT2D eigenvalue weighted by molar-refractivity contribution is -0.0518. The second kappa shape index (κ2) is 4.64. The number of nitrogens with zero attached hydrogens (tertiary/aromatic N) is 3. The number of rotatable bonds is 1. The van der Waals surface area contributed by atoms with Crippen LogP contribution in [0, 0.1) is 0 Å². The van der Waals surface area contributed by atoms with E-state index in [0.717, 1.165) is 43.6 Å². The summed E-state index contributed by atoms with van der Waals surface area (Å²) in [6, 6.07) is 5.83. The Balaban J connectivity index is 1.79. The predicted molar refractivity (Wildman–Crippen MR) is 67.5 cm³/mol. The van der Waals surface area contributed by atoms with Crippen LogP contribution in [0.4, 0.5) is 5.69 Å². The molecule has 1 saturated heterocycles. The number of halogens is 1. The van der Waals surface area contributed by atoms with Crippen LogP contribution in [0.3, 0.4) is 0 Å². The first-order chi connectivity index (χ1) is 8.33. The molecule has 0 aromatic heterocycles. The first kappa shape index (κ1) is 11.0. The van der Waals surface area contributed by atoms with Crippen molar-refractivity contribution in [2.24, 2.45) is 4.99 Å². The highest BCUT2D eigenvalue weighted by Crippen LogP contribution is 2.27. The third kappa shape index (κ3) is 2.29. The summed E-state index contributed by atoms with van der Waals surface area (Å²) < 4.78 is 5.35. The van der Waals surface area contributed by atoms with Gasteiger partial charge in [0.2, 0.25) is 0 Å². The fraction of sp³-hybridized carbons (Fsp3) is 0.417. The van der Waals surface area contributed by atoms with Crippen molar-refractivity contribution in [3.8, 4) is 0 Å². The minimum absolute atomic E-state index is 0.766. The van der Waals surface area contributed by atoms with Crippen molar-refractivity contribution < 1.29 is 4.74 Å². The minimum Gasteiger partial charge on any atom is -0.379 e. The maximum absolute atomic E-state index is 6.01. The number of fused-ring (bicyclic) bond motifs is 1. The van der Waals surface area contributed by atoms with Crippen LogP contribution < -0.4 is 0 Å². The number of aliphatic imine (C=N–C) groups is 1. The van der Waals surface area contributed by atoms with Crippen LogP contribution in [0.5, 0.6) is 0 Å². The van der Waals surface area contributed by atoms with E-state index in [1.54, 1.807) is 0 Å². The van der Waals surface area contributed by atoms with Crippen molar-refractivity contribution in [2.45, 2.75) is 6.54 Å². The number of hydrogen-bond acceptors (Lipinski definition) is 4. The average Bonchev–Trinajstić information content (AvgIpc) is 2.39. The van der Waals surface area contributed by atoms with Gasteiger partial charge in [0.25, 0.3) is 0 Å². The Morgan fingerprint density at radius 2 is 2.06 bits per heavy atom. The van der Waals surface area contributed by atoms with Crippen LogP contribution in [-0.2, 0) is 11.3 Å². The molecule has 0 atom stereocenters. The van der Waals surface area contributed by atoms with Crippen molar-refractivity contribution >= 4 is 23.6 Å². The van der Waals surface area contributed by atoms with E-state index in [0.29, 0.717) is 0 Å². The number of ether oxygens (including phenoxy) is 1. The molecule has 1 fully saturated rings. The summed E-state index contributed by atoms with van der Waals surface area (Å²) in [6.45, 7) is 4.24. The van der Waals surface area contributed by atoms with Crippen LogP contribution in [-0.4, -0.2) is 42.7 Å². The Morgan fingerprint density at radius 1 is 1.24 bits per heavy atom. The van der Waals surface area contributed by atoms with Gasteiger partial charge < -0.3 is 4.74 Å². The SMILES string of the molecule is Clc1ccc2c(c1)CN(N1CCOCC1)C=N2. The second-order valence-electron chi connectivity index (χ2n) is 4.18. The first-order valence-electron chi connectivity index (χ1n) is 5.75. The fourth-order valence-electron chi connectivity index (χ4n) is 2.13. The van der Waals surface area contributed by atoms with Crippen LogP contribution in [0.1, 0.15) is 5.56 Å². The zero-order chi connectivity index (χ0) is 11.7. The summed E-state index contributed by atoms with van der Waals surface area (Å²) in [5.41, 5.74) is 2.19. The van der Waals surface area contributed by atoms with Gasteiger partial charge in [0.1, 0.15) is 6.34 Å². The third-order valence-corrected chi connectivity index (χ3v) is 3.29. The predicted octanol–water partition coefficient (Wildman–Crippen LogP) is 2.06. The van der Waals surface area contributed by atoms with Gasteiger partial charge in [-0.2, -0.15) is 0 Å². The summed E-state index contributed by atoms with van der Waals surface area (Å²) in [6.07, 6.45) is 1.89. The fourth-order valence-corrected chi connectivity index (χ4v) is 2.33. The summed E-state index contributed by atoms with van der Waals surface area (Å²) in [7, 11) is 0. The molecule has 90 valence electrons. The zero-order valence-electron chi connectivity index (χ0n) is 9.47. The minimum atomic E-state index is 0.766. The maximum Gasteiger partial charge on any atom is 0.106 e. The molecule has 17 heavy (non-hydrogen) atoms. The highest BCUT2D eigenvalue weighted by Gasteiger charge is 2.20. The summed E-state index contributed by atoms with van der Waals surface area (Å²) in [5.74, 6) is 0. The molecule has 1 aromatic rings.